The summed E-state index contributed by atoms with van der Waals surface area (Å²) in [6.07, 6.45) is 0.717. The minimum Gasteiger partial charge on any atom is -0.454 e. The molecule has 2 aliphatic heterocycles. The maximum atomic E-state index is 13.0. The Bertz CT molecular complexity index is 988. The largest absolute Gasteiger partial charge is 0.454 e. The maximum Gasteiger partial charge on any atom is 0.243 e. The zero-order valence-electron chi connectivity index (χ0n) is 15.5. The molecule has 2 aromatic rings. The molecule has 0 aliphatic carbocycles. The standard InChI is InChI=1S/C20H21NO5S2/c1-14(22)15-2-5-17(6-3-15)28(23,24)21-9-8-20(27-11-10-21)16-4-7-18-19(12-16)26-13-25-18/h2-7,12,20H,8-11,13H2,1H3. The summed E-state index contributed by atoms with van der Waals surface area (Å²) in [5.41, 5.74) is 1.63. The number of nitrogens with zero attached hydrogens (tertiary/aromatic N) is 1. The van der Waals surface area contributed by atoms with Crippen molar-refractivity contribution in [2.24, 2.45) is 0 Å². The van der Waals surface area contributed by atoms with Crippen LogP contribution in [0.15, 0.2) is 47.4 Å². The van der Waals surface area contributed by atoms with Crippen LogP contribution in [0, 0.1) is 0 Å². The Morgan fingerprint density at radius 3 is 2.57 bits per heavy atom. The Morgan fingerprint density at radius 2 is 1.82 bits per heavy atom. The molecule has 1 fully saturated rings. The van der Waals surface area contributed by atoms with Crippen molar-refractivity contribution in [2.75, 3.05) is 25.6 Å². The summed E-state index contributed by atoms with van der Waals surface area (Å²) < 4.78 is 38.4. The first kappa shape index (κ1) is 19.3. The third kappa shape index (κ3) is 3.76. The molecule has 1 unspecified atom stereocenters. The molecule has 28 heavy (non-hydrogen) atoms. The van der Waals surface area contributed by atoms with E-state index in [0.717, 1.165) is 23.5 Å². The second-order valence-electron chi connectivity index (χ2n) is 6.75. The molecule has 6 nitrogen and oxygen atoms in total. The van der Waals surface area contributed by atoms with Crippen molar-refractivity contribution < 1.29 is 22.7 Å². The van der Waals surface area contributed by atoms with E-state index in [1.165, 1.54) is 23.4 Å². The number of ketones is 1. The molecule has 0 bridgehead atoms. The van der Waals surface area contributed by atoms with Crippen LogP contribution < -0.4 is 9.47 Å². The molecule has 1 saturated heterocycles. The van der Waals surface area contributed by atoms with Gasteiger partial charge in [0.1, 0.15) is 0 Å². The highest BCUT2D eigenvalue weighted by Gasteiger charge is 2.29. The van der Waals surface area contributed by atoms with Gasteiger partial charge in [0.05, 0.1) is 4.90 Å². The average Bonchev–Trinajstić information content (AvgIpc) is 3.01. The summed E-state index contributed by atoms with van der Waals surface area (Å²) in [5, 5.41) is 0.204. The zero-order valence-corrected chi connectivity index (χ0v) is 17.1. The molecule has 0 saturated carbocycles. The van der Waals surface area contributed by atoms with Crippen LogP contribution in [-0.2, 0) is 10.0 Å². The van der Waals surface area contributed by atoms with E-state index in [1.54, 1.807) is 23.9 Å². The van der Waals surface area contributed by atoms with Crippen molar-refractivity contribution >= 4 is 27.6 Å². The smallest absolute Gasteiger partial charge is 0.243 e. The van der Waals surface area contributed by atoms with Crippen LogP contribution in [0.4, 0.5) is 0 Å². The zero-order chi connectivity index (χ0) is 19.7. The number of benzene rings is 2. The lowest BCUT2D eigenvalue weighted by Gasteiger charge is -2.20. The number of ether oxygens (including phenoxy) is 2. The Morgan fingerprint density at radius 1 is 1.07 bits per heavy atom. The first-order chi connectivity index (χ1) is 13.4. The Hall–Kier alpha value is -2.03. The lowest BCUT2D eigenvalue weighted by Crippen LogP contribution is -2.33. The van der Waals surface area contributed by atoms with E-state index in [-0.39, 0.29) is 22.7 Å². The summed E-state index contributed by atoms with van der Waals surface area (Å²) in [6, 6.07) is 12.1. The molecule has 0 spiro atoms. The van der Waals surface area contributed by atoms with Gasteiger partial charge in [-0.05, 0) is 43.2 Å². The molecule has 0 aromatic heterocycles. The first-order valence-electron chi connectivity index (χ1n) is 9.07. The second kappa shape index (κ2) is 7.77. The van der Waals surface area contributed by atoms with Gasteiger partial charge in [-0.25, -0.2) is 8.42 Å². The Kier molecular flexibility index (Phi) is 5.35. The molecule has 2 aromatic carbocycles. The average molecular weight is 420 g/mol. The Balaban J connectivity index is 1.49. The van der Waals surface area contributed by atoms with Gasteiger partial charge in [-0.15, -0.1) is 0 Å². The maximum absolute atomic E-state index is 13.0. The predicted octanol–water partition coefficient (Wildman–Crippen LogP) is 3.49. The van der Waals surface area contributed by atoms with Crippen LogP contribution in [0.3, 0.4) is 0 Å². The summed E-state index contributed by atoms with van der Waals surface area (Å²) >= 11 is 1.76. The summed E-state index contributed by atoms with van der Waals surface area (Å²) in [6.45, 7) is 2.61. The molecule has 1 atom stereocenters. The van der Waals surface area contributed by atoms with Crippen LogP contribution in [0.1, 0.15) is 34.5 Å². The Labute approximate surface area is 168 Å². The molecule has 4 rings (SSSR count). The van der Waals surface area contributed by atoms with Crippen LogP contribution in [0.2, 0.25) is 0 Å². The topological polar surface area (TPSA) is 72.9 Å². The molecular formula is C20H21NO5S2. The summed E-state index contributed by atoms with van der Waals surface area (Å²) in [5.74, 6) is 2.13. The van der Waals surface area contributed by atoms with E-state index in [2.05, 4.69) is 0 Å². The molecule has 0 amide bonds. The number of hydrogen-bond acceptors (Lipinski definition) is 6. The van der Waals surface area contributed by atoms with Gasteiger partial charge in [-0.2, -0.15) is 16.1 Å². The third-order valence-corrected chi connectivity index (χ3v) is 8.21. The van der Waals surface area contributed by atoms with Gasteiger partial charge in [0, 0.05) is 29.7 Å². The van der Waals surface area contributed by atoms with Crippen LogP contribution in [0.5, 0.6) is 11.5 Å². The summed E-state index contributed by atoms with van der Waals surface area (Å²) in [7, 11) is -3.58. The number of rotatable bonds is 4. The number of sulfonamides is 1. The van der Waals surface area contributed by atoms with Crippen molar-refractivity contribution in [3.8, 4) is 11.5 Å². The number of fused-ring (bicyclic) bond motifs is 1. The fraction of sp³-hybridized carbons (Fsp3) is 0.350. The quantitative estimate of drug-likeness (QED) is 0.707. The molecule has 0 N–H and O–H groups in total. The van der Waals surface area contributed by atoms with Crippen LogP contribution >= 0.6 is 11.8 Å². The van der Waals surface area contributed by atoms with Crippen molar-refractivity contribution in [1.82, 2.24) is 4.31 Å². The number of thioether (sulfide) groups is 1. The van der Waals surface area contributed by atoms with Gasteiger partial charge in [-0.1, -0.05) is 18.2 Å². The number of carbonyl (C=O) groups is 1. The normalized spacial score (nSPS) is 20.0. The van der Waals surface area contributed by atoms with Crippen molar-refractivity contribution in [1.29, 1.82) is 0 Å². The highest BCUT2D eigenvalue weighted by Crippen LogP contribution is 2.40. The van der Waals surface area contributed by atoms with E-state index in [4.69, 9.17) is 9.47 Å². The van der Waals surface area contributed by atoms with Gasteiger partial charge in [0.25, 0.3) is 0 Å². The minimum atomic E-state index is -3.58. The van der Waals surface area contributed by atoms with Crippen molar-refractivity contribution in [2.45, 2.75) is 23.5 Å². The number of hydrogen-bond donors (Lipinski definition) is 0. The number of carbonyl (C=O) groups excluding carboxylic acids is 1. The predicted molar refractivity (Wildman–Crippen MR) is 108 cm³/mol. The van der Waals surface area contributed by atoms with Gasteiger partial charge >= 0.3 is 0 Å². The molecule has 0 radical (unpaired) electrons. The van der Waals surface area contributed by atoms with Crippen LogP contribution in [-0.4, -0.2) is 44.1 Å². The van der Waals surface area contributed by atoms with E-state index in [1.807, 2.05) is 18.2 Å². The summed E-state index contributed by atoms with van der Waals surface area (Å²) in [4.78, 5) is 11.6. The molecule has 2 aliphatic rings. The van der Waals surface area contributed by atoms with E-state index in [0.29, 0.717) is 24.4 Å². The van der Waals surface area contributed by atoms with E-state index >= 15 is 0 Å². The minimum absolute atomic E-state index is 0.0818. The van der Waals surface area contributed by atoms with Gasteiger partial charge in [0.15, 0.2) is 17.3 Å². The lowest BCUT2D eigenvalue weighted by molar-refractivity contribution is 0.101. The molecule has 148 valence electrons. The molecule has 8 heteroatoms. The fourth-order valence-corrected chi connectivity index (χ4v) is 6.17. The van der Waals surface area contributed by atoms with E-state index in [9.17, 15) is 13.2 Å². The monoisotopic (exact) mass is 419 g/mol. The van der Waals surface area contributed by atoms with Gasteiger partial charge in [0.2, 0.25) is 16.8 Å². The fourth-order valence-electron chi connectivity index (χ4n) is 3.38. The van der Waals surface area contributed by atoms with Crippen LogP contribution in [0.25, 0.3) is 0 Å². The van der Waals surface area contributed by atoms with Gasteiger partial charge < -0.3 is 9.47 Å². The highest BCUT2D eigenvalue weighted by atomic mass is 32.2. The first-order valence-corrected chi connectivity index (χ1v) is 11.6. The van der Waals surface area contributed by atoms with E-state index < -0.39 is 10.0 Å². The van der Waals surface area contributed by atoms with Crippen molar-refractivity contribution in [3.05, 3.63) is 53.6 Å². The molecule has 2 heterocycles. The second-order valence-corrected chi connectivity index (χ2v) is 9.99. The highest BCUT2D eigenvalue weighted by molar-refractivity contribution is 7.99. The van der Waals surface area contributed by atoms with Gasteiger partial charge in [-0.3, -0.25) is 4.79 Å². The third-order valence-electron chi connectivity index (χ3n) is 4.97. The number of Topliss-reactive ketones (excluding diaryl/α,β-unsaturated/α-hetero) is 1. The molecular weight excluding hydrogens is 398 g/mol. The SMILES string of the molecule is CC(=O)c1ccc(S(=O)(=O)N2CCSC(c3ccc4c(c3)OCO4)CC2)cc1. The van der Waals surface area contributed by atoms with Crippen molar-refractivity contribution in [3.63, 3.8) is 0 Å². The lowest BCUT2D eigenvalue weighted by atomic mass is 10.1.